The van der Waals surface area contributed by atoms with Gasteiger partial charge < -0.3 is 33.7 Å². The van der Waals surface area contributed by atoms with Crippen molar-refractivity contribution in [1.29, 1.82) is 0 Å². The Kier molecular flexibility index (Phi) is 6.79. The molecule has 222 valence electrons. The number of fused-ring (bicyclic) bond motifs is 9. The maximum atomic E-state index is 14.3. The average molecular weight is 583 g/mol. The van der Waals surface area contributed by atoms with Gasteiger partial charge >= 0.3 is 0 Å². The first kappa shape index (κ1) is 27.4. The Balaban J connectivity index is 1.42. The van der Waals surface area contributed by atoms with Crippen molar-refractivity contribution in [2.75, 3.05) is 27.1 Å². The number of carbonyl (C=O) groups is 1. The van der Waals surface area contributed by atoms with Gasteiger partial charge in [-0.3, -0.25) is 10.1 Å². The minimum absolute atomic E-state index is 0.0677. The van der Waals surface area contributed by atoms with E-state index in [0.717, 1.165) is 33.4 Å². The van der Waals surface area contributed by atoms with Crippen LogP contribution >= 0.6 is 0 Å². The van der Waals surface area contributed by atoms with Gasteiger partial charge in [0.25, 0.3) is 0 Å². The van der Waals surface area contributed by atoms with Crippen LogP contribution in [0.1, 0.15) is 51.0 Å². The van der Waals surface area contributed by atoms with Gasteiger partial charge in [0.1, 0.15) is 12.4 Å². The Labute approximate surface area is 250 Å². The second kappa shape index (κ2) is 10.7. The van der Waals surface area contributed by atoms with Crippen molar-refractivity contribution >= 4 is 12.0 Å². The van der Waals surface area contributed by atoms with Crippen LogP contribution in [-0.4, -0.2) is 49.1 Å². The third kappa shape index (κ3) is 4.25. The fourth-order valence-corrected chi connectivity index (χ4v) is 6.90. The number of benzene rings is 3. The van der Waals surface area contributed by atoms with Crippen molar-refractivity contribution in [1.82, 2.24) is 10.2 Å². The number of methoxy groups -OCH3 is 1. The number of aryl methyl sites for hydroxylation is 1. The number of nitrogens with zero attached hydrogens (tertiary/aromatic N) is 1. The number of carbonyl (C=O) groups excluding carboxylic acids is 1. The van der Waals surface area contributed by atoms with Crippen LogP contribution in [0.5, 0.6) is 28.7 Å². The first-order valence-electron chi connectivity index (χ1n) is 14.4. The minimum atomic E-state index is -0.531. The molecule has 3 aromatic rings. The van der Waals surface area contributed by atoms with Crippen LogP contribution in [0, 0.1) is 13.8 Å². The van der Waals surface area contributed by atoms with Gasteiger partial charge in [0.2, 0.25) is 12.7 Å². The average Bonchev–Trinajstić information content (AvgIpc) is 3.50. The van der Waals surface area contributed by atoms with Crippen LogP contribution in [0.4, 0.5) is 0 Å². The molecule has 9 heteroatoms. The van der Waals surface area contributed by atoms with Crippen LogP contribution in [0.3, 0.4) is 0 Å². The molecule has 9 nitrogen and oxygen atoms in total. The van der Waals surface area contributed by atoms with Crippen LogP contribution in [0.2, 0.25) is 0 Å². The lowest BCUT2D eigenvalue weighted by molar-refractivity contribution is -0.138. The highest BCUT2D eigenvalue weighted by molar-refractivity contribution is 5.91. The van der Waals surface area contributed by atoms with E-state index in [1.165, 1.54) is 0 Å². The lowest BCUT2D eigenvalue weighted by atomic mass is 9.79. The number of aromatic hydroxyl groups is 1. The highest BCUT2D eigenvalue weighted by atomic mass is 16.7. The minimum Gasteiger partial charge on any atom is -0.504 e. The molecule has 4 aliphatic heterocycles. The molecule has 2 bridgehead atoms. The van der Waals surface area contributed by atoms with Gasteiger partial charge in [0, 0.05) is 28.0 Å². The third-order valence-electron chi connectivity index (χ3n) is 8.70. The lowest BCUT2D eigenvalue weighted by Gasteiger charge is -2.49. The molecule has 0 aromatic heterocycles. The zero-order valence-electron chi connectivity index (χ0n) is 24.4. The molecule has 0 spiro atoms. The number of nitrogens with one attached hydrogen (secondary N) is 1. The van der Waals surface area contributed by atoms with Gasteiger partial charge in [-0.1, -0.05) is 49.1 Å². The number of ether oxygens (including phenoxy) is 5. The summed E-state index contributed by atoms with van der Waals surface area (Å²) in [6.45, 7) is 8.62. The fourth-order valence-electron chi connectivity index (χ4n) is 6.90. The predicted molar refractivity (Wildman–Crippen MR) is 159 cm³/mol. The predicted octanol–water partition coefficient (Wildman–Crippen LogP) is 5.02. The summed E-state index contributed by atoms with van der Waals surface area (Å²) in [5, 5.41) is 15.0. The molecule has 2 N–H and O–H groups in total. The molecule has 7 rings (SSSR count). The molecule has 1 saturated heterocycles. The van der Waals surface area contributed by atoms with E-state index < -0.39 is 18.1 Å². The highest BCUT2D eigenvalue weighted by Gasteiger charge is 2.50. The SMILES string of the molecule is C=CCOc1c(C)c2c(c3c1C=C1[C@@H]4N[C@@H](Cc5cc(C)c(OC)c(O)c54)C(=O)N1[C@H]3COCc1ccccc1)OCO2. The van der Waals surface area contributed by atoms with E-state index in [4.69, 9.17) is 23.7 Å². The van der Waals surface area contributed by atoms with Crippen molar-refractivity contribution < 1.29 is 33.6 Å². The molecule has 0 unspecified atom stereocenters. The van der Waals surface area contributed by atoms with Gasteiger partial charge in [-0.25, -0.2) is 0 Å². The van der Waals surface area contributed by atoms with Gasteiger partial charge in [-0.05, 0) is 43.0 Å². The molecule has 1 fully saturated rings. The molecule has 0 radical (unpaired) electrons. The van der Waals surface area contributed by atoms with E-state index in [1.807, 2.05) is 61.2 Å². The maximum Gasteiger partial charge on any atom is 0.244 e. The Bertz CT molecular complexity index is 1670. The van der Waals surface area contributed by atoms with E-state index in [9.17, 15) is 9.90 Å². The zero-order chi connectivity index (χ0) is 29.8. The zero-order valence-corrected chi connectivity index (χ0v) is 24.4. The van der Waals surface area contributed by atoms with Crippen LogP contribution in [-0.2, 0) is 22.6 Å². The largest absolute Gasteiger partial charge is 0.504 e. The third-order valence-corrected chi connectivity index (χ3v) is 8.70. The molecule has 3 aromatic carbocycles. The van der Waals surface area contributed by atoms with E-state index in [1.54, 1.807) is 13.2 Å². The normalized spacial score (nSPS) is 21.0. The van der Waals surface area contributed by atoms with Crippen molar-refractivity contribution in [3.63, 3.8) is 0 Å². The highest BCUT2D eigenvalue weighted by Crippen LogP contribution is 2.56. The molecule has 4 heterocycles. The van der Waals surface area contributed by atoms with Crippen LogP contribution in [0.25, 0.3) is 6.08 Å². The first-order chi connectivity index (χ1) is 20.9. The number of phenols is 1. The van der Waals surface area contributed by atoms with Crippen molar-refractivity contribution in [3.05, 3.63) is 93.7 Å². The van der Waals surface area contributed by atoms with Crippen molar-refractivity contribution in [2.45, 2.75) is 45.0 Å². The van der Waals surface area contributed by atoms with Gasteiger partial charge in [-0.2, -0.15) is 0 Å². The summed E-state index contributed by atoms with van der Waals surface area (Å²) < 4.78 is 30.2. The number of hydrogen-bond donors (Lipinski definition) is 2. The second-order valence-corrected chi connectivity index (χ2v) is 11.2. The molecule has 0 aliphatic carbocycles. The quantitative estimate of drug-likeness (QED) is 0.358. The summed E-state index contributed by atoms with van der Waals surface area (Å²) in [4.78, 5) is 16.1. The fraction of sp³-hybridized carbons (Fsp3) is 0.324. The molecular formula is C34H34N2O7. The molecule has 3 atom stereocenters. The van der Waals surface area contributed by atoms with Crippen LogP contribution in [0.15, 0.2) is 54.8 Å². The van der Waals surface area contributed by atoms with E-state index in [0.29, 0.717) is 47.3 Å². The second-order valence-electron chi connectivity index (χ2n) is 11.2. The summed E-state index contributed by atoms with van der Waals surface area (Å²) in [6.07, 6.45) is 4.11. The van der Waals surface area contributed by atoms with E-state index in [-0.39, 0.29) is 31.7 Å². The summed E-state index contributed by atoms with van der Waals surface area (Å²) in [7, 11) is 1.55. The summed E-state index contributed by atoms with van der Waals surface area (Å²) in [6, 6.07) is 10.5. The molecule has 1 amide bonds. The number of rotatable bonds is 8. The topological polar surface area (TPSA) is 98.7 Å². The number of phenolic OH excluding ortho intramolecular Hbond substituents is 1. The summed E-state index contributed by atoms with van der Waals surface area (Å²) in [5.74, 6) is 2.28. The van der Waals surface area contributed by atoms with Crippen molar-refractivity contribution in [2.24, 2.45) is 0 Å². The number of piperazine rings is 1. The van der Waals surface area contributed by atoms with Crippen molar-refractivity contribution in [3.8, 4) is 28.7 Å². The monoisotopic (exact) mass is 582 g/mol. The molecule has 4 aliphatic rings. The van der Waals surface area contributed by atoms with Gasteiger partial charge in [0.05, 0.1) is 38.4 Å². The Morgan fingerprint density at radius 3 is 2.70 bits per heavy atom. The Hall–Kier alpha value is -4.47. The first-order valence-corrected chi connectivity index (χ1v) is 14.4. The standard InChI is InChI=1S/C34H34N2O7/c1-5-11-41-31-19(3)32-33(43-17-42-32)27-22(31)14-24-28-26-21(12-18(2)30(39-4)29(26)37)13-23(35-28)34(38)36(24)25(27)16-40-15-20-9-7-6-8-10-20/h5-10,12,14,23,25,28,35,37H,1,11,13,15-17H2,2-4H3/t23-,25-,28-/m0/s1. The Morgan fingerprint density at radius 1 is 1.14 bits per heavy atom. The molecule has 43 heavy (non-hydrogen) atoms. The van der Waals surface area contributed by atoms with E-state index in [2.05, 4.69) is 11.9 Å². The number of amides is 1. The Morgan fingerprint density at radius 2 is 1.93 bits per heavy atom. The lowest BCUT2D eigenvalue weighted by Crippen LogP contribution is -2.59. The molecule has 0 saturated carbocycles. The van der Waals surface area contributed by atoms with E-state index >= 15 is 0 Å². The number of hydrogen-bond acceptors (Lipinski definition) is 8. The van der Waals surface area contributed by atoms with Gasteiger partial charge in [0.15, 0.2) is 23.0 Å². The van der Waals surface area contributed by atoms with Crippen LogP contribution < -0.4 is 24.3 Å². The maximum absolute atomic E-state index is 14.3. The summed E-state index contributed by atoms with van der Waals surface area (Å²) >= 11 is 0. The smallest absolute Gasteiger partial charge is 0.244 e. The summed E-state index contributed by atoms with van der Waals surface area (Å²) in [5.41, 5.74) is 6.57. The molecular weight excluding hydrogens is 548 g/mol. The van der Waals surface area contributed by atoms with Gasteiger partial charge in [-0.15, -0.1) is 0 Å².